The van der Waals surface area contributed by atoms with Crippen LogP contribution in [0.4, 0.5) is 5.69 Å². The first kappa shape index (κ1) is 13.1. The zero-order valence-electron chi connectivity index (χ0n) is 9.78. The van der Waals surface area contributed by atoms with Crippen molar-refractivity contribution in [2.45, 2.75) is 13.0 Å². The first-order valence-corrected chi connectivity index (χ1v) is 5.97. The van der Waals surface area contributed by atoms with Crippen molar-refractivity contribution in [2.75, 3.05) is 12.1 Å². The van der Waals surface area contributed by atoms with E-state index in [4.69, 9.17) is 23.2 Å². The third-order valence-electron chi connectivity index (χ3n) is 2.50. The number of rotatable bonds is 2. The molecular formula is C11H11Cl2N3O2. The number of carbonyl (C=O) groups excluding carboxylic acids is 1. The first-order chi connectivity index (χ1) is 8.54. The monoisotopic (exact) mass is 287 g/mol. The molecule has 1 aromatic carbocycles. The van der Waals surface area contributed by atoms with Crippen LogP contribution in [0, 0.1) is 0 Å². The lowest BCUT2D eigenvalue weighted by Crippen LogP contribution is -2.36. The van der Waals surface area contributed by atoms with Crippen molar-refractivity contribution in [1.82, 2.24) is 5.43 Å². The second kappa shape index (κ2) is 5.14. The molecule has 1 atom stereocenters. The van der Waals surface area contributed by atoms with Gasteiger partial charge >= 0.3 is 0 Å². The van der Waals surface area contributed by atoms with Gasteiger partial charge in [0.25, 0.3) is 5.91 Å². The summed E-state index contributed by atoms with van der Waals surface area (Å²) in [6.07, 6.45) is 0. The Bertz CT molecular complexity index is 519. The summed E-state index contributed by atoms with van der Waals surface area (Å²) in [5, 5.41) is 5.93. The van der Waals surface area contributed by atoms with Gasteiger partial charge in [-0.05, 0) is 25.1 Å². The summed E-state index contributed by atoms with van der Waals surface area (Å²) in [5.41, 5.74) is 3.78. The predicted octanol–water partition coefficient (Wildman–Crippen LogP) is 2.24. The van der Waals surface area contributed by atoms with Crippen LogP contribution in [0.15, 0.2) is 23.4 Å². The number of nitrogens with one attached hydrogen (secondary N) is 1. The maximum Gasteiger partial charge on any atom is 0.292 e. The molecule has 1 aliphatic heterocycles. The number of amides is 1. The molecule has 0 aliphatic carbocycles. The molecule has 0 radical (unpaired) electrons. The molecule has 0 saturated carbocycles. The third-order valence-corrected chi connectivity index (χ3v) is 3.03. The zero-order chi connectivity index (χ0) is 13.3. The molecule has 1 aliphatic rings. The molecule has 1 amide bonds. The van der Waals surface area contributed by atoms with Gasteiger partial charge in [0.15, 0.2) is 5.71 Å². The molecule has 18 heavy (non-hydrogen) atoms. The molecule has 96 valence electrons. The van der Waals surface area contributed by atoms with E-state index in [-0.39, 0.29) is 11.9 Å². The summed E-state index contributed by atoms with van der Waals surface area (Å²) in [5.74, 6) is -0.298. The van der Waals surface area contributed by atoms with Crippen LogP contribution in [0.3, 0.4) is 0 Å². The molecule has 0 bridgehead atoms. The van der Waals surface area contributed by atoms with Gasteiger partial charge in [0, 0.05) is 5.02 Å². The van der Waals surface area contributed by atoms with Crippen LogP contribution < -0.4 is 10.4 Å². The van der Waals surface area contributed by atoms with Gasteiger partial charge in [-0.1, -0.05) is 28.4 Å². The van der Waals surface area contributed by atoms with Crippen molar-refractivity contribution in [2.24, 2.45) is 5.16 Å². The number of hydrogen-bond donors (Lipinski definition) is 1. The summed E-state index contributed by atoms with van der Waals surface area (Å²) < 4.78 is 0. The van der Waals surface area contributed by atoms with Crippen LogP contribution in [0.2, 0.25) is 10.0 Å². The van der Waals surface area contributed by atoms with Crippen molar-refractivity contribution >= 4 is 40.5 Å². The van der Waals surface area contributed by atoms with Crippen molar-refractivity contribution in [3.8, 4) is 0 Å². The summed E-state index contributed by atoms with van der Waals surface area (Å²) in [6.45, 7) is 1.81. The number of oxime groups is 1. The van der Waals surface area contributed by atoms with Crippen molar-refractivity contribution in [3.63, 3.8) is 0 Å². The molecule has 1 saturated heterocycles. The lowest BCUT2D eigenvalue weighted by molar-refractivity contribution is -0.112. The zero-order valence-corrected chi connectivity index (χ0v) is 11.3. The van der Waals surface area contributed by atoms with E-state index in [1.54, 1.807) is 25.1 Å². The van der Waals surface area contributed by atoms with Crippen molar-refractivity contribution in [3.05, 3.63) is 28.2 Å². The molecular weight excluding hydrogens is 277 g/mol. The summed E-state index contributed by atoms with van der Waals surface area (Å²) in [7, 11) is 1.39. The van der Waals surface area contributed by atoms with E-state index < -0.39 is 0 Å². The molecule has 1 unspecified atom stereocenters. The highest BCUT2D eigenvalue weighted by atomic mass is 35.5. The number of anilines is 1. The smallest absolute Gasteiger partial charge is 0.292 e. The number of nitrogens with zero attached hydrogens (tertiary/aromatic N) is 2. The van der Waals surface area contributed by atoms with E-state index in [0.29, 0.717) is 21.4 Å². The van der Waals surface area contributed by atoms with Crippen LogP contribution in [0.25, 0.3) is 0 Å². The van der Waals surface area contributed by atoms with Gasteiger partial charge in [0.1, 0.15) is 7.11 Å². The number of hydrogen-bond acceptors (Lipinski definition) is 4. The topological polar surface area (TPSA) is 53.9 Å². The Kier molecular flexibility index (Phi) is 3.75. The van der Waals surface area contributed by atoms with E-state index >= 15 is 0 Å². The fourth-order valence-electron chi connectivity index (χ4n) is 1.67. The molecule has 2 rings (SSSR count). The standard InChI is InChI=1S/C11H11Cl2N3O2/c1-6-10(15-18-2)11(17)16(14-6)9-4-3-7(12)5-8(9)13/h3-6,14H,1-2H3. The maximum absolute atomic E-state index is 12.1. The second-order valence-electron chi connectivity index (χ2n) is 3.75. The van der Waals surface area contributed by atoms with Gasteiger partial charge in [-0.25, -0.2) is 10.4 Å². The van der Waals surface area contributed by atoms with Crippen molar-refractivity contribution < 1.29 is 9.63 Å². The van der Waals surface area contributed by atoms with Gasteiger partial charge in [-0.15, -0.1) is 0 Å². The van der Waals surface area contributed by atoms with Crippen LogP contribution in [0.5, 0.6) is 0 Å². The fraction of sp³-hybridized carbons (Fsp3) is 0.273. The minimum Gasteiger partial charge on any atom is -0.399 e. The number of hydrazine groups is 1. The molecule has 5 nitrogen and oxygen atoms in total. The molecule has 7 heteroatoms. The highest BCUT2D eigenvalue weighted by Crippen LogP contribution is 2.29. The highest BCUT2D eigenvalue weighted by molar-refractivity contribution is 6.48. The number of benzene rings is 1. The van der Waals surface area contributed by atoms with Crippen LogP contribution in [-0.4, -0.2) is 24.8 Å². The van der Waals surface area contributed by atoms with E-state index in [9.17, 15) is 4.79 Å². The molecule has 1 aromatic rings. The molecule has 1 heterocycles. The molecule has 0 aromatic heterocycles. The molecule has 0 spiro atoms. The minimum atomic E-state index is -0.298. The van der Waals surface area contributed by atoms with Gasteiger partial charge < -0.3 is 4.84 Å². The van der Waals surface area contributed by atoms with Gasteiger partial charge in [0.05, 0.1) is 16.8 Å². The molecule has 1 N–H and O–H groups in total. The normalized spacial score (nSPS) is 21.8. The predicted molar refractivity (Wildman–Crippen MR) is 71.0 cm³/mol. The van der Waals surface area contributed by atoms with E-state index in [2.05, 4.69) is 15.4 Å². The molecule has 1 fully saturated rings. The Balaban J connectivity index is 2.36. The SMILES string of the molecule is CON=C1C(=O)N(c2ccc(Cl)cc2Cl)NC1C. The largest absolute Gasteiger partial charge is 0.399 e. The van der Waals surface area contributed by atoms with E-state index in [0.717, 1.165) is 0 Å². The average Bonchev–Trinajstić information content (AvgIpc) is 2.58. The fourth-order valence-corrected chi connectivity index (χ4v) is 2.16. The Morgan fingerprint density at radius 2 is 2.17 bits per heavy atom. The van der Waals surface area contributed by atoms with E-state index in [1.807, 2.05) is 0 Å². The Morgan fingerprint density at radius 3 is 2.78 bits per heavy atom. The lowest BCUT2D eigenvalue weighted by Gasteiger charge is -2.17. The van der Waals surface area contributed by atoms with Crippen LogP contribution in [-0.2, 0) is 9.63 Å². The number of halogens is 2. The summed E-state index contributed by atoms with van der Waals surface area (Å²) in [4.78, 5) is 16.8. The highest BCUT2D eigenvalue weighted by Gasteiger charge is 2.36. The van der Waals surface area contributed by atoms with Gasteiger partial charge in [0.2, 0.25) is 0 Å². The van der Waals surface area contributed by atoms with Crippen molar-refractivity contribution in [1.29, 1.82) is 0 Å². The number of carbonyl (C=O) groups is 1. The first-order valence-electron chi connectivity index (χ1n) is 5.21. The van der Waals surface area contributed by atoms with Gasteiger partial charge in [-0.3, -0.25) is 4.79 Å². The van der Waals surface area contributed by atoms with Gasteiger partial charge in [-0.2, -0.15) is 0 Å². The Labute approximate surface area is 114 Å². The quantitative estimate of drug-likeness (QED) is 0.849. The van der Waals surface area contributed by atoms with Crippen LogP contribution in [0.1, 0.15) is 6.92 Å². The second-order valence-corrected chi connectivity index (χ2v) is 4.59. The summed E-state index contributed by atoms with van der Waals surface area (Å²) >= 11 is 11.9. The Hall–Kier alpha value is -1.30. The Morgan fingerprint density at radius 1 is 1.44 bits per heavy atom. The van der Waals surface area contributed by atoms with E-state index in [1.165, 1.54) is 12.1 Å². The average molecular weight is 288 g/mol. The summed E-state index contributed by atoms with van der Waals surface area (Å²) in [6, 6.07) is 4.65. The van der Waals surface area contributed by atoms with Crippen LogP contribution >= 0.6 is 23.2 Å². The maximum atomic E-state index is 12.1. The third kappa shape index (κ3) is 2.29. The lowest BCUT2D eigenvalue weighted by atomic mass is 10.2. The minimum absolute atomic E-state index is 0.246.